The van der Waals surface area contributed by atoms with Gasteiger partial charge in [-0.25, -0.2) is 9.59 Å². The summed E-state index contributed by atoms with van der Waals surface area (Å²) in [6.07, 6.45) is 0. The van der Waals surface area contributed by atoms with E-state index in [-0.39, 0.29) is 27.0 Å². The van der Waals surface area contributed by atoms with Gasteiger partial charge in [-0.1, -0.05) is 22.7 Å². The first kappa shape index (κ1) is 12.9. The van der Waals surface area contributed by atoms with Gasteiger partial charge in [0.2, 0.25) is 0 Å². The molecule has 1 heterocycles. The Hall–Kier alpha value is -1.21. The second kappa shape index (κ2) is 5.76. The van der Waals surface area contributed by atoms with Gasteiger partial charge in [0.25, 0.3) is 4.06 Å². The fourth-order valence-electron chi connectivity index (χ4n) is 0.942. The average molecular weight is 262 g/mol. The Balaban J connectivity index is 3.04. The summed E-state index contributed by atoms with van der Waals surface area (Å²) in [5.41, 5.74) is 0. The Morgan fingerprint density at radius 1 is 1.00 bits per heavy atom. The molecule has 88 valence electrons. The Morgan fingerprint density at radius 2 is 1.38 bits per heavy atom. The lowest BCUT2D eigenvalue weighted by Gasteiger charge is -2.01. The number of hydrogen-bond acceptors (Lipinski definition) is 7. The van der Waals surface area contributed by atoms with Gasteiger partial charge in [0.1, 0.15) is 9.75 Å². The quantitative estimate of drug-likeness (QED) is 0.769. The molecule has 0 N–H and O–H groups in total. The van der Waals surface area contributed by atoms with Crippen LogP contribution in [-0.2, 0) is 9.47 Å². The number of ether oxygens (including phenoxy) is 2. The van der Waals surface area contributed by atoms with Crippen molar-refractivity contribution in [2.75, 3.05) is 13.2 Å². The molecule has 0 spiro atoms. The monoisotopic (exact) mass is 262 g/mol. The molecule has 1 rings (SSSR count). The third kappa shape index (κ3) is 2.89. The van der Waals surface area contributed by atoms with Crippen LogP contribution in [0.15, 0.2) is 4.79 Å². The van der Waals surface area contributed by atoms with E-state index in [1.54, 1.807) is 13.8 Å². The summed E-state index contributed by atoms with van der Waals surface area (Å²) in [6, 6.07) is 0. The van der Waals surface area contributed by atoms with Crippen molar-refractivity contribution >= 4 is 34.6 Å². The summed E-state index contributed by atoms with van der Waals surface area (Å²) in [7, 11) is 0. The van der Waals surface area contributed by atoms with Crippen LogP contribution in [0.2, 0.25) is 0 Å². The number of rotatable bonds is 4. The van der Waals surface area contributed by atoms with E-state index < -0.39 is 11.9 Å². The van der Waals surface area contributed by atoms with Crippen molar-refractivity contribution in [3.8, 4) is 0 Å². The van der Waals surface area contributed by atoms with Gasteiger partial charge in [0, 0.05) is 0 Å². The molecule has 0 aliphatic carbocycles. The van der Waals surface area contributed by atoms with Crippen LogP contribution in [0.3, 0.4) is 0 Å². The number of esters is 2. The van der Waals surface area contributed by atoms with E-state index in [9.17, 15) is 14.4 Å². The highest BCUT2D eigenvalue weighted by atomic mass is 32.2. The van der Waals surface area contributed by atoms with Crippen molar-refractivity contribution in [1.29, 1.82) is 0 Å². The van der Waals surface area contributed by atoms with E-state index in [0.29, 0.717) is 22.7 Å². The first-order valence-electron chi connectivity index (χ1n) is 4.58. The second-order valence-corrected chi connectivity index (χ2v) is 4.78. The highest BCUT2D eigenvalue weighted by molar-refractivity contribution is 7.29. The van der Waals surface area contributed by atoms with Crippen LogP contribution in [0.25, 0.3) is 0 Å². The smallest absolute Gasteiger partial charge is 0.350 e. The van der Waals surface area contributed by atoms with Crippen molar-refractivity contribution in [2.45, 2.75) is 13.8 Å². The molecule has 1 aromatic rings. The zero-order valence-corrected chi connectivity index (χ0v) is 10.4. The van der Waals surface area contributed by atoms with Crippen LogP contribution in [-0.4, -0.2) is 25.2 Å². The molecule has 5 nitrogen and oxygen atoms in total. The maximum atomic E-state index is 11.4. The first-order valence-corrected chi connectivity index (χ1v) is 6.21. The summed E-state index contributed by atoms with van der Waals surface area (Å²) in [6.45, 7) is 3.68. The molecule has 0 bridgehead atoms. The molecule has 0 saturated carbocycles. The lowest BCUT2D eigenvalue weighted by Crippen LogP contribution is -2.10. The van der Waals surface area contributed by atoms with E-state index in [2.05, 4.69) is 0 Å². The van der Waals surface area contributed by atoms with Crippen LogP contribution < -0.4 is 4.06 Å². The molecule has 0 aromatic carbocycles. The van der Waals surface area contributed by atoms with Gasteiger partial charge in [0.05, 0.1) is 13.2 Å². The van der Waals surface area contributed by atoms with E-state index in [1.807, 2.05) is 0 Å². The molecule has 0 amide bonds. The first-order chi connectivity index (χ1) is 7.60. The SMILES string of the molecule is CCOC(=O)c1sc(=O)sc1C(=O)OCC. The lowest BCUT2D eigenvalue weighted by molar-refractivity contribution is 0.0488. The molecule has 0 aliphatic rings. The zero-order valence-electron chi connectivity index (χ0n) is 8.77. The zero-order chi connectivity index (χ0) is 12.1. The van der Waals surface area contributed by atoms with Gasteiger partial charge in [-0.05, 0) is 13.8 Å². The Kier molecular flexibility index (Phi) is 4.63. The minimum atomic E-state index is -0.658. The molecule has 16 heavy (non-hydrogen) atoms. The van der Waals surface area contributed by atoms with Gasteiger partial charge >= 0.3 is 11.9 Å². The third-order valence-electron chi connectivity index (χ3n) is 1.50. The second-order valence-electron chi connectivity index (χ2n) is 2.55. The van der Waals surface area contributed by atoms with Crippen molar-refractivity contribution in [3.05, 3.63) is 18.6 Å². The Labute approximate surface area is 99.6 Å². The topological polar surface area (TPSA) is 69.7 Å². The predicted octanol–water partition coefficient (Wildman–Crippen LogP) is 1.52. The van der Waals surface area contributed by atoms with Crippen LogP contribution in [0.4, 0.5) is 0 Å². The molecule has 1 aromatic heterocycles. The molecule has 0 radical (unpaired) electrons. The molecule has 0 atom stereocenters. The van der Waals surface area contributed by atoms with Crippen LogP contribution in [0, 0.1) is 0 Å². The van der Waals surface area contributed by atoms with Crippen molar-refractivity contribution in [2.24, 2.45) is 0 Å². The summed E-state index contributed by atoms with van der Waals surface area (Å²) in [4.78, 5) is 34.1. The highest BCUT2D eigenvalue weighted by Gasteiger charge is 2.23. The molecule has 0 saturated heterocycles. The van der Waals surface area contributed by atoms with Gasteiger partial charge in [-0.3, -0.25) is 4.79 Å². The largest absolute Gasteiger partial charge is 0.462 e. The minimum Gasteiger partial charge on any atom is -0.462 e. The average Bonchev–Trinajstić information content (AvgIpc) is 2.61. The maximum absolute atomic E-state index is 11.4. The van der Waals surface area contributed by atoms with E-state index >= 15 is 0 Å². The van der Waals surface area contributed by atoms with Crippen LogP contribution in [0.5, 0.6) is 0 Å². The van der Waals surface area contributed by atoms with Gasteiger partial charge in [-0.2, -0.15) is 0 Å². The van der Waals surface area contributed by atoms with Crippen LogP contribution in [0.1, 0.15) is 33.2 Å². The van der Waals surface area contributed by atoms with E-state index in [4.69, 9.17) is 9.47 Å². The van der Waals surface area contributed by atoms with E-state index in [1.165, 1.54) is 0 Å². The molecular formula is C9H10O5S2. The fraction of sp³-hybridized carbons (Fsp3) is 0.444. The normalized spacial score (nSPS) is 9.88. The Morgan fingerprint density at radius 3 is 1.69 bits per heavy atom. The van der Waals surface area contributed by atoms with Gasteiger partial charge in [-0.15, -0.1) is 0 Å². The number of hydrogen-bond donors (Lipinski definition) is 0. The van der Waals surface area contributed by atoms with E-state index in [0.717, 1.165) is 0 Å². The molecule has 0 aliphatic heterocycles. The van der Waals surface area contributed by atoms with Crippen molar-refractivity contribution in [3.63, 3.8) is 0 Å². The standard InChI is InChI=1S/C9H10O5S2/c1-3-13-7(10)5-6(8(11)14-4-2)16-9(12)15-5/h3-4H2,1-2H3. The molecule has 0 unspecified atom stereocenters. The fourth-order valence-corrected chi connectivity index (χ4v) is 2.83. The van der Waals surface area contributed by atoms with Crippen molar-refractivity contribution in [1.82, 2.24) is 0 Å². The summed E-state index contributed by atoms with van der Waals surface area (Å²) < 4.78 is 9.16. The third-order valence-corrected chi connectivity index (χ3v) is 3.61. The molecule has 0 fully saturated rings. The summed E-state index contributed by atoms with van der Waals surface area (Å²) in [5.74, 6) is -1.32. The number of carbonyl (C=O) groups excluding carboxylic acids is 2. The van der Waals surface area contributed by atoms with Crippen LogP contribution >= 0.6 is 22.7 Å². The Bertz CT molecular complexity index is 406. The summed E-state index contributed by atoms with van der Waals surface area (Å²) in [5, 5.41) is 0. The minimum absolute atomic E-state index is 0.0234. The predicted molar refractivity (Wildman–Crippen MR) is 60.4 cm³/mol. The van der Waals surface area contributed by atoms with Gasteiger partial charge in [0.15, 0.2) is 0 Å². The van der Waals surface area contributed by atoms with Gasteiger partial charge < -0.3 is 9.47 Å². The summed E-state index contributed by atoms with van der Waals surface area (Å²) >= 11 is 1.41. The molecule has 7 heteroatoms. The highest BCUT2D eigenvalue weighted by Crippen LogP contribution is 2.19. The van der Waals surface area contributed by atoms with Crippen molar-refractivity contribution < 1.29 is 19.1 Å². The lowest BCUT2D eigenvalue weighted by atomic mass is 10.4. The number of carbonyl (C=O) groups is 2. The maximum Gasteiger partial charge on any atom is 0.350 e. The molecular weight excluding hydrogens is 252 g/mol.